The minimum atomic E-state index is -0.110. The first-order chi connectivity index (χ1) is 10.5. The molecule has 0 atom stereocenters. The van der Waals surface area contributed by atoms with Crippen LogP contribution in [-0.2, 0) is 13.0 Å². The molecule has 0 saturated heterocycles. The number of carbonyl (C=O) groups is 1. The Balaban J connectivity index is 2.00. The number of anilines is 1. The second-order valence-electron chi connectivity index (χ2n) is 5.42. The van der Waals surface area contributed by atoms with Gasteiger partial charge in [-0.3, -0.25) is 0 Å². The van der Waals surface area contributed by atoms with E-state index in [0.29, 0.717) is 6.54 Å². The van der Waals surface area contributed by atoms with Gasteiger partial charge in [-0.05, 0) is 42.2 Å². The Hall–Kier alpha value is -1.81. The Morgan fingerprint density at radius 1 is 1.14 bits per heavy atom. The lowest BCUT2D eigenvalue weighted by atomic mass is 10.1. The number of nitrogens with one attached hydrogen (secondary N) is 1. The lowest BCUT2D eigenvalue weighted by Crippen LogP contribution is -2.31. The largest absolute Gasteiger partial charge is 0.323 e. The van der Waals surface area contributed by atoms with Gasteiger partial charge in [-0.1, -0.05) is 53.2 Å². The van der Waals surface area contributed by atoms with Crippen LogP contribution in [0, 0.1) is 6.92 Å². The van der Waals surface area contributed by atoms with Gasteiger partial charge < -0.3 is 10.2 Å². The highest BCUT2D eigenvalue weighted by Crippen LogP contribution is 2.21. The van der Waals surface area contributed by atoms with Gasteiger partial charge in [0.05, 0.1) is 0 Å². The van der Waals surface area contributed by atoms with E-state index in [9.17, 15) is 4.79 Å². The number of urea groups is 1. The fourth-order valence-electron chi connectivity index (χ4n) is 2.17. The summed E-state index contributed by atoms with van der Waals surface area (Å²) in [5.41, 5.74) is 4.30. The molecule has 0 aliphatic heterocycles. The molecule has 1 N–H and O–H groups in total. The van der Waals surface area contributed by atoms with Crippen LogP contribution in [-0.4, -0.2) is 18.0 Å². The van der Waals surface area contributed by atoms with Crippen molar-refractivity contribution in [2.45, 2.75) is 26.8 Å². The molecule has 3 nitrogen and oxygen atoms in total. The zero-order valence-corrected chi connectivity index (χ0v) is 14.8. The zero-order chi connectivity index (χ0) is 16.1. The zero-order valence-electron chi connectivity index (χ0n) is 13.2. The highest BCUT2D eigenvalue weighted by atomic mass is 79.9. The van der Waals surface area contributed by atoms with Crippen LogP contribution in [0.15, 0.2) is 46.9 Å². The van der Waals surface area contributed by atoms with E-state index in [4.69, 9.17) is 0 Å². The number of hydrogen-bond acceptors (Lipinski definition) is 1. The van der Waals surface area contributed by atoms with E-state index >= 15 is 0 Å². The van der Waals surface area contributed by atoms with E-state index < -0.39 is 0 Å². The van der Waals surface area contributed by atoms with Gasteiger partial charge in [0.1, 0.15) is 0 Å². The molecule has 0 fully saturated rings. The van der Waals surface area contributed by atoms with Crippen molar-refractivity contribution in [2.24, 2.45) is 0 Å². The molecule has 0 aliphatic rings. The summed E-state index contributed by atoms with van der Waals surface area (Å²) in [5, 5.41) is 2.95. The quantitative estimate of drug-likeness (QED) is 0.818. The molecule has 0 radical (unpaired) electrons. The third-order valence-corrected chi connectivity index (χ3v) is 4.13. The first kappa shape index (κ1) is 16.6. The molecule has 116 valence electrons. The van der Waals surface area contributed by atoms with Gasteiger partial charge >= 0.3 is 6.03 Å². The summed E-state index contributed by atoms with van der Waals surface area (Å²) in [7, 11) is 1.80. The number of aryl methyl sites for hydroxylation is 2. The maximum atomic E-state index is 12.3. The molecule has 0 heterocycles. The standard InChI is InChI=1S/C18H21BrN2O/c1-4-14-6-8-15(9-7-14)12-21(3)18(22)20-17-11-16(19)10-5-13(17)2/h5-11H,4,12H2,1-3H3,(H,20,22). The van der Waals surface area contributed by atoms with E-state index in [2.05, 4.69) is 52.4 Å². The smallest absolute Gasteiger partial charge is 0.321 e. The number of carbonyl (C=O) groups excluding carboxylic acids is 1. The van der Waals surface area contributed by atoms with Gasteiger partial charge in [-0.25, -0.2) is 4.79 Å². The van der Waals surface area contributed by atoms with Crippen molar-refractivity contribution in [2.75, 3.05) is 12.4 Å². The second-order valence-corrected chi connectivity index (χ2v) is 6.33. The maximum absolute atomic E-state index is 12.3. The van der Waals surface area contributed by atoms with Gasteiger partial charge in [0.15, 0.2) is 0 Å². The molecular formula is C18H21BrN2O. The average Bonchev–Trinajstić information content (AvgIpc) is 2.51. The number of hydrogen-bond donors (Lipinski definition) is 1. The van der Waals surface area contributed by atoms with Crippen LogP contribution in [0.5, 0.6) is 0 Å². The summed E-state index contributed by atoms with van der Waals surface area (Å²) in [5.74, 6) is 0. The molecule has 0 aliphatic carbocycles. The Morgan fingerprint density at radius 3 is 2.41 bits per heavy atom. The number of nitrogens with zero attached hydrogens (tertiary/aromatic N) is 1. The third-order valence-electron chi connectivity index (χ3n) is 3.64. The fraction of sp³-hybridized carbons (Fsp3) is 0.278. The monoisotopic (exact) mass is 360 g/mol. The van der Waals surface area contributed by atoms with Crippen molar-refractivity contribution in [1.82, 2.24) is 4.90 Å². The summed E-state index contributed by atoms with van der Waals surface area (Å²) in [4.78, 5) is 14.0. The summed E-state index contributed by atoms with van der Waals surface area (Å²) in [6.45, 7) is 4.70. The number of amides is 2. The molecule has 0 aromatic heterocycles. The van der Waals surface area contributed by atoms with E-state index in [1.807, 2.05) is 25.1 Å². The lowest BCUT2D eigenvalue weighted by Gasteiger charge is -2.19. The van der Waals surface area contributed by atoms with Gasteiger partial charge in [0, 0.05) is 23.8 Å². The SMILES string of the molecule is CCc1ccc(CN(C)C(=O)Nc2cc(Br)ccc2C)cc1. The maximum Gasteiger partial charge on any atom is 0.321 e. The van der Waals surface area contributed by atoms with E-state index in [1.165, 1.54) is 5.56 Å². The molecule has 2 amide bonds. The van der Waals surface area contributed by atoms with Crippen LogP contribution >= 0.6 is 15.9 Å². The van der Waals surface area contributed by atoms with Crippen molar-refractivity contribution in [3.63, 3.8) is 0 Å². The molecule has 2 aromatic rings. The Kier molecular flexibility index (Phi) is 5.61. The van der Waals surface area contributed by atoms with E-state index in [0.717, 1.165) is 27.7 Å². The molecule has 22 heavy (non-hydrogen) atoms. The highest BCUT2D eigenvalue weighted by molar-refractivity contribution is 9.10. The third kappa shape index (κ3) is 4.34. The van der Waals surface area contributed by atoms with Crippen LogP contribution in [0.25, 0.3) is 0 Å². The van der Waals surface area contributed by atoms with Gasteiger partial charge in [-0.15, -0.1) is 0 Å². The molecule has 0 bridgehead atoms. The van der Waals surface area contributed by atoms with Crippen LogP contribution in [0.4, 0.5) is 10.5 Å². The van der Waals surface area contributed by atoms with Crippen LogP contribution in [0.1, 0.15) is 23.6 Å². The Labute approximate surface area is 140 Å². The molecule has 0 unspecified atom stereocenters. The van der Waals surface area contributed by atoms with E-state index in [1.54, 1.807) is 11.9 Å². The predicted octanol–water partition coefficient (Wildman–Crippen LogP) is 4.98. The first-order valence-electron chi connectivity index (χ1n) is 7.35. The predicted molar refractivity (Wildman–Crippen MR) is 95.2 cm³/mol. The van der Waals surface area contributed by atoms with Crippen molar-refractivity contribution >= 4 is 27.6 Å². The topological polar surface area (TPSA) is 32.3 Å². The number of halogens is 1. The molecule has 0 saturated carbocycles. The molecule has 2 aromatic carbocycles. The van der Waals surface area contributed by atoms with Crippen molar-refractivity contribution in [3.8, 4) is 0 Å². The van der Waals surface area contributed by atoms with Gasteiger partial charge in [0.2, 0.25) is 0 Å². The summed E-state index contributed by atoms with van der Waals surface area (Å²) in [6, 6.07) is 14.1. The fourth-order valence-corrected chi connectivity index (χ4v) is 2.53. The normalized spacial score (nSPS) is 10.4. The summed E-state index contributed by atoms with van der Waals surface area (Å²) >= 11 is 3.43. The lowest BCUT2D eigenvalue weighted by molar-refractivity contribution is 0.220. The van der Waals surface area contributed by atoms with Crippen molar-refractivity contribution < 1.29 is 4.79 Å². The summed E-state index contributed by atoms with van der Waals surface area (Å²) < 4.78 is 0.950. The van der Waals surface area contributed by atoms with Crippen molar-refractivity contribution in [3.05, 3.63) is 63.6 Å². The molecule has 2 rings (SSSR count). The second kappa shape index (κ2) is 7.45. The van der Waals surface area contributed by atoms with Crippen LogP contribution in [0.2, 0.25) is 0 Å². The van der Waals surface area contributed by atoms with Crippen molar-refractivity contribution in [1.29, 1.82) is 0 Å². The van der Waals surface area contributed by atoms with E-state index in [-0.39, 0.29) is 6.03 Å². The molecule has 4 heteroatoms. The number of benzene rings is 2. The molecular weight excluding hydrogens is 340 g/mol. The molecule has 0 spiro atoms. The summed E-state index contributed by atoms with van der Waals surface area (Å²) in [6.07, 6.45) is 1.03. The van der Waals surface area contributed by atoms with Gasteiger partial charge in [0.25, 0.3) is 0 Å². The highest BCUT2D eigenvalue weighted by Gasteiger charge is 2.11. The van der Waals surface area contributed by atoms with Crippen LogP contribution in [0.3, 0.4) is 0 Å². The average molecular weight is 361 g/mol. The Morgan fingerprint density at radius 2 is 1.77 bits per heavy atom. The minimum Gasteiger partial charge on any atom is -0.323 e. The van der Waals surface area contributed by atoms with Crippen LogP contribution < -0.4 is 5.32 Å². The Bertz CT molecular complexity index is 653. The van der Waals surface area contributed by atoms with Gasteiger partial charge in [-0.2, -0.15) is 0 Å². The first-order valence-corrected chi connectivity index (χ1v) is 8.15. The number of rotatable bonds is 4. The minimum absolute atomic E-state index is 0.110.